The van der Waals surface area contributed by atoms with Gasteiger partial charge in [0.05, 0.1) is 18.2 Å². The number of hydrogen-bond donors (Lipinski definition) is 1. The number of ether oxygens (including phenoxy) is 1. The minimum absolute atomic E-state index is 0.0822. The van der Waals surface area contributed by atoms with Crippen LogP contribution in [0.25, 0.3) is 5.76 Å². The van der Waals surface area contributed by atoms with Gasteiger partial charge in [0.2, 0.25) is 0 Å². The van der Waals surface area contributed by atoms with Crippen molar-refractivity contribution in [1.29, 1.82) is 0 Å². The van der Waals surface area contributed by atoms with Gasteiger partial charge in [0.25, 0.3) is 11.7 Å². The molecule has 3 aromatic rings. The lowest BCUT2D eigenvalue weighted by Gasteiger charge is -2.26. The van der Waals surface area contributed by atoms with Crippen LogP contribution in [0, 0.1) is 19.8 Å². The van der Waals surface area contributed by atoms with Crippen LogP contribution in [0.5, 0.6) is 5.75 Å². The first-order valence-corrected chi connectivity index (χ1v) is 11.7. The van der Waals surface area contributed by atoms with E-state index < -0.39 is 17.7 Å². The molecule has 1 aliphatic heterocycles. The van der Waals surface area contributed by atoms with Crippen molar-refractivity contribution in [2.75, 3.05) is 6.61 Å². The molecule has 0 spiro atoms. The van der Waals surface area contributed by atoms with Crippen molar-refractivity contribution in [3.8, 4) is 5.75 Å². The first kappa shape index (κ1) is 24.2. The fourth-order valence-electron chi connectivity index (χ4n) is 4.25. The van der Waals surface area contributed by atoms with Crippen molar-refractivity contribution in [1.82, 2.24) is 9.88 Å². The molecule has 1 fully saturated rings. The molecule has 1 atom stereocenters. The molecule has 6 heteroatoms. The zero-order valence-corrected chi connectivity index (χ0v) is 20.5. The molecule has 2 aromatic carbocycles. The molecule has 1 aromatic heterocycles. The van der Waals surface area contributed by atoms with E-state index in [1.165, 1.54) is 4.90 Å². The van der Waals surface area contributed by atoms with Crippen molar-refractivity contribution >= 4 is 17.4 Å². The van der Waals surface area contributed by atoms with Gasteiger partial charge in [0.15, 0.2) is 0 Å². The van der Waals surface area contributed by atoms with Gasteiger partial charge in [0.1, 0.15) is 11.5 Å². The number of aryl methyl sites for hydroxylation is 2. The zero-order chi connectivity index (χ0) is 25.1. The van der Waals surface area contributed by atoms with Gasteiger partial charge in [-0.15, -0.1) is 0 Å². The second kappa shape index (κ2) is 10.1. The maximum absolute atomic E-state index is 13.3. The molecule has 35 heavy (non-hydrogen) atoms. The standard InChI is InChI=1S/C29H30N2O4/c1-18(2)17-35-23-7-5-6-22(15-23)26-25(27(32)24-14-19(3)8-9-20(24)4)28(33)29(34)31(26)16-21-10-12-30-13-11-21/h5-15,18,26,32H,16-17H2,1-4H3/b27-25+. The Kier molecular flexibility index (Phi) is 7.01. The lowest BCUT2D eigenvalue weighted by Crippen LogP contribution is -2.29. The van der Waals surface area contributed by atoms with E-state index in [9.17, 15) is 14.7 Å². The third-order valence-electron chi connectivity index (χ3n) is 6.05. The van der Waals surface area contributed by atoms with Gasteiger partial charge < -0.3 is 14.7 Å². The molecule has 6 nitrogen and oxygen atoms in total. The Morgan fingerprint density at radius 2 is 1.80 bits per heavy atom. The van der Waals surface area contributed by atoms with Gasteiger partial charge in [-0.1, -0.05) is 43.7 Å². The molecule has 1 aliphatic rings. The number of nitrogens with zero attached hydrogens (tertiary/aromatic N) is 2. The molecule has 4 rings (SSSR count). The highest BCUT2D eigenvalue weighted by Crippen LogP contribution is 2.41. The Morgan fingerprint density at radius 3 is 2.51 bits per heavy atom. The number of aliphatic hydroxyl groups is 1. The summed E-state index contributed by atoms with van der Waals surface area (Å²) in [6.45, 7) is 8.68. The van der Waals surface area contributed by atoms with Crippen molar-refractivity contribution in [2.45, 2.75) is 40.3 Å². The largest absolute Gasteiger partial charge is 0.507 e. The summed E-state index contributed by atoms with van der Waals surface area (Å²) in [5, 5.41) is 11.4. The third kappa shape index (κ3) is 5.11. The Balaban J connectivity index is 1.86. The van der Waals surface area contributed by atoms with E-state index in [2.05, 4.69) is 18.8 Å². The number of aliphatic hydroxyl groups excluding tert-OH is 1. The second-order valence-electron chi connectivity index (χ2n) is 9.38. The molecule has 0 bridgehead atoms. The quantitative estimate of drug-likeness (QED) is 0.286. The lowest BCUT2D eigenvalue weighted by molar-refractivity contribution is -0.140. The van der Waals surface area contributed by atoms with Crippen LogP contribution in [0.15, 0.2) is 72.6 Å². The normalized spacial score (nSPS) is 17.3. The van der Waals surface area contributed by atoms with Gasteiger partial charge in [-0.3, -0.25) is 14.6 Å². The lowest BCUT2D eigenvalue weighted by atomic mass is 9.93. The van der Waals surface area contributed by atoms with Gasteiger partial charge in [-0.05, 0) is 66.8 Å². The molecule has 1 amide bonds. The van der Waals surface area contributed by atoms with Gasteiger partial charge in [-0.25, -0.2) is 0 Å². The van der Waals surface area contributed by atoms with E-state index in [1.54, 1.807) is 12.4 Å². The maximum Gasteiger partial charge on any atom is 0.295 e. The molecule has 1 saturated heterocycles. The average molecular weight is 471 g/mol. The van der Waals surface area contributed by atoms with Crippen LogP contribution >= 0.6 is 0 Å². The Bertz CT molecular complexity index is 1280. The van der Waals surface area contributed by atoms with Gasteiger partial charge in [0, 0.05) is 24.5 Å². The molecule has 0 aliphatic carbocycles. The maximum atomic E-state index is 13.3. The minimum Gasteiger partial charge on any atom is -0.507 e. The number of ketones is 1. The van der Waals surface area contributed by atoms with Crippen molar-refractivity contribution in [2.24, 2.45) is 5.92 Å². The Hall–Kier alpha value is -3.93. The first-order valence-electron chi connectivity index (χ1n) is 11.7. The number of rotatable bonds is 7. The summed E-state index contributed by atoms with van der Waals surface area (Å²) in [7, 11) is 0. The predicted molar refractivity (Wildman–Crippen MR) is 135 cm³/mol. The highest BCUT2D eigenvalue weighted by molar-refractivity contribution is 6.46. The van der Waals surface area contributed by atoms with Crippen LogP contribution in [0.2, 0.25) is 0 Å². The van der Waals surface area contributed by atoms with E-state index >= 15 is 0 Å². The summed E-state index contributed by atoms with van der Waals surface area (Å²) in [6, 6.07) is 15.9. The molecule has 1 unspecified atom stereocenters. The number of amides is 1. The topological polar surface area (TPSA) is 79.7 Å². The summed E-state index contributed by atoms with van der Waals surface area (Å²) in [4.78, 5) is 32.2. The van der Waals surface area contributed by atoms with Gasteiger partial charge >= 0.3 is 0 Å². The minimum atomic E-state index is -0.759. The summed E-state index contributed by atoms with van der Waals surface area (Å²) in [5.41, 5.74) is 3.94. The molecule has 180 valence electrons. The number of likely N-dealkylation sites (tertiary alicyclic amines) is 1. The fourth-order valence-corrected chi connectivity index (χ4v) is 4.25. The molecule has 0 saturated carbocycles. The molecular formula is C29H30N2O4. The smallest absolute Gasteiger partial charge is 0.295 e. The van der Waals surface area contributed by atoms with Crippen LogP contribution in [-0.2, 0) is 16.1 Å². The van der Waals surface area contributed by atoms with Crippen molar-refractivity contribution < 1.29 is 19.4 Å². The number of benzene rings is 2. The van der Waals surface area contributed by atoms with Crippen LogP contribution in [0.4, 0.5) is 0 Å². The number of carbonyl (C=O) groups is 2. The number of aromatic nitrogens is 1. The monoisotopic (exact) mass is 470 g/mol. The Morgan fingerprint density at radius 1 is 1.06 bits per heavy atom. The third-order valence-corrected chi connectivity index (χ3v) is 6.05. The Labute approximate surface area is 205 Å². The van der Waals surface area contributed by atoms with E-state index in [0.29, 0.717) is 29.4 Å². The number of hydrogen-bond acceptors (Lipinski definition) is 5. The summed E-state index contributed by atoms with van der Waals surface area (Å²) >= 11 is 0. The molecular weight excluding hydrogens is 440 g/mol. The fraction of sp³-hybridized carbons (Fsp3) is 0.276. The predicted octanol–water partition coefficient (Wildman–Crippen LogP) is 5.36. The van der Waals surface area contributed by atoms with E-state index in [4.69, 9.17) is 4.74 Å². The van der Waals surface area contributed by atoms with Crippen LogP contribution in [0.1, 0.15) is 47.7 Å². The van der Waals surface area contributed by atoms with Crippen LogP contribution in [-0.4, -0.2) is 33.3 Å². The SMILES string of the molecule is Cc1ccc(C)c(/C(O)=C2\C(=O)C(=O)N(Cc3ccncc3)C2c2cccc(OCC(C)C)c2)c1. The van der Waals surface area contributed by atoms with Crippen LogP contribution in [0.3, 0.4) is 0 Å². The molecule has 1 N–H and O–H groups in total. The van der Waals surface area contributed by atoms with E-state index in [0.717, 1.165) is 16.7 Å². The van der Waals surface area contributed by atoms with Crippen molar-refractivity contribution in [3.63, 3.8) is 0 Å². The van der Waals surface area contributed by atoms with Crippen molar-refractivity contribution in [3.05, 3.63) is 100 Å². The summed E-state index contributed by atoms with van der Waals surface area (Å²) < 4.78 is 5.91. The average Bonchev–Trinajstić information content (AvgIpc) is 3.09. The van der Waals surface area contributed by atoms with Crippen LogP contribution < -0.4 is 4.74 Å². The zero-order valence-electron chi connectivity index (χ0n) is 20.5. The van der Waals surface area contributed by atoms with E-state index in [1.807, 2.05) is 68.4 Å². The summed E-state index contributed by atoms with van der Waals surface area (Å²) in [6.07, 6.45) is 3.30. The van der Waals surface area contributed by atoms with Gasteiger partial charge in [-0.2, -0.15) is 0 Å². The highest BCUT2D eigenvalue weighted by atomic mass is 16.5. The first-order chi connectivity index (χ1) is 16.8. The molecule has 0 radical (unpaired) electrons. The molecule has 2 heterocycles. The number of carbonyl (C=O) groups excluding carboxylic acids is 2. The number of Topliss-reactive ketones (excluding diaryl/α,β-unsaturated/α-hetero) is 1. The number of pyridine rings is 1. The summed E-state index contributed by atoms with van der Waals surface area (Å²) in [5.74, 6) is -0.513. The highest BCUT2D eigenvalue weighted by Gasteiger charge is 2.46. The van der Waals surface area contributed by atoms with E-state index in [-0.39, 0.29) is 17.9 Å². The second-order valence-corrected chi connectivity index (χ2v) is 9.38.